The van der Waals surface area contributed by atoms with Gasteiger partial charge in [-0.2, -0.15) is 5.10 Å². The summed E-state index contributed by atoms with van der Waals surface area (Å²) in [4.78, 5) is 21.1. The zero-order chi connectivity index (χ0) is 20.1. The maximum absolute atomic E-state index is 12.6. The van der Waals surface area contributed by atoms with Gasteiger partial charge in [0.25, 0.3) is 0 Å². The average Bonchev–Trinajstić information content (AvgIpc) is 3.25. The average molecular weight is 382 g/mol. The van der Waals surface area contributed by atoms with Crippen LogP contribution in [0.3, 0.4) is 0 Å². The third-order valence-corrected chi connectivity index (χ3v) is 4.27. The summed E-state index contributed by atoms with van der Waals surface area (Å²) in [6, 6.07) is 22.8. The Bertz CT molecular complexity index is 1080. The number of amides is 1. The molecule has 1 amide bonds. The Balaban J connectivity index is 1.66. The predicted molar refractivity (Wildman–Crippen MR) is 111 cm³/mol. The van der Waals surface area contributed by atoms with Crippen molar-refractivity contribution in [2.24, 2.45) is 5.10 Å². The van der Waals surface area contributed by atoms with Gasteiger partial charge in [-0.1, -0.05) is 48.5 Å². The molecule has 2 heterocycles. The molecule has 7 nitrogen and oxygen atoms in total. The molecule has 2 aromatic carbocycles. The van der Waals surface area contributed by atoms with Crippen molar-refractivity contribution in [3.63, 3.8) is 0 Å². The molecule has 0 bridgehead atoms. The molecular weight excluding hydrogens is 364 g/mol. The Hall–Kier alpha value is -4.13. The van der Waals surface area contributed by atoms with E-state index in [4.69, 9.17) is 0 Å². The lowest BCUT2D eigenvalue weighted by molar-refractivity contribution is 0.0944. The van der Waals surface area contributed by atoms with Crippen LogP contribution in [0.5, 0.6) is 0 Å². The predicted octanol–water partition coefficient (Wildman–Crippen LogP) is 3.48. The summed E-state index contributed by atoms with van der Waals surface area (Å²) in [5.74, 6) is 0.140. The second-order valence-corrected chi connectivity index (χ2v) is 6.25. The largest absolute Gasteiger partial charge is 0.311 e. The number of hydrogen-bond acceptors (Lipinski definition) is 5. The summed E-state index contributed by atoms with van der Waals surface area (Å²) < 4.78 is 1.66. The number of pyridine rings is 1. The van der Waals surface area contributed by atoms with Crippen molar-refractivity contribution in [1.29, 1.82) is 0 Å². The molecule has 0 aliphatic carbocycles. The van der Waals surface area contributed by atoms with Crippen molar-refractivity contribution in [3.8, 4) is 17.1 Å². The summed E-state index contributed by atoms with van der Waals surface area (Å²) >= 11 is 0. The van der Waals surface area contributed by atoms with Crippen LogP contribution in [0.15, 0.2) is 90.3 Å². The highest BCUT2D eigenvalue weighted by atomic mass is 16.2. The fourth-order valence-corrected chi connectivity index (χ4v) is 2.77. The van der Waals surface area contributed by atoms with Crippen LogP contribution in [-0.2, 0) is 0 Å². The maximum atomic E-state index is 12.6. The molecule has 0 fully saturated rings. The summed E-state index contributed by atoms with van der Waals surface area (Å²) in [5, 5.41) is 8.58. The molecule has 1 N–H and O–H groups in total. The van der Waals surface area contributed by atoms with E-state index in [0.29, 0.717) is 11.5 Å². The van der Waals surface area contributed by atoms with Gasteiger partial charge in [0, 0.05) is 23.5 Å². The first kappa shape index (κ1) is 18.2. The Morgan fingerprint density at radius 1 is 0.931 bits per heavy atom. The Kier molecular flexibility index (Phi) is 5.20. The van der Waals surface area contributed by atoms with E-state index < -0.39 is 5.91 Å². The molecule has 0 aliphatic rings. The van der Waals surface area contributed by atoms with E-state index in [1.807, 2.05) is 72.8 Å². The summed E-state index contributed by atoms with van der Waals surface area (Å²) in [6.45, 7) is 1.81. The molecule has 7 heteroatoms. The van der Waals surface area contributed by atoms with Gasteiger partial charge in [-0.15, -0.1) is 5.10 Å². The zero-order valence-corrected chi connectivity index (χ0v) is 15.7. The van der Waals surface area contributed by atoms with Gasteiger partial charge in [0.1, 0.15) is 0 Å². The number of carbonyl (C=O) groups excluding carboxylic acids is 1. The number of benzene rings is 2. The third kappa shape index (κ3) is 4.08. The van der Waals surface area contributed by atoms with Crippen molar-refractivity contribution in [2.45, 2.75) is 6.92 Å². The van der Waals surface area contributed by atoms with Crippen LogP contribution < -0.4 is 5.43 Å². The zero-order valence-electron chi connectivity index (χ0n) is 15.7. The monoisotopic (exact) mass is 382 g/mol. The molecule has 0 unspecified atom stereocenters. The molecule has 0 radical (unpaired) electrons. The first-order valence-corrected chi connectivity index (χ1v) is 9.05. The highest BCUT2D eigenvalue weighted by Gasteiger charge is 2.18. The fourth-order valence-electron chi connectivity index (χ4n) is 2.77. The van der Waals surface area contributed by atoms with Crippen LogP contribution in [0.25, 0.3) is 17.1 Å². The smallest absolute Gasteiger partial charge is 0.265 e. The van der Waals surface area contributed by atoms with Gasteiger partial charge >= 0.3 is 5.91 Å². The Morgan fingerprint density at radius 2 is 1.59 bits per heavy atom. The molecule has 29 heavy (non-hydrogen) atoms. The Labute approximate surface area is 167 Å². The standard InChI is InChI=1S/C22H18N6O/c1-16(17-12-14-23-15-13-17)25-26-22(29)20-24-21(18-8-4-2-5-9-18)28(27-20)19-10-6-3-7-11-19/h2-15H,1H3,(H,26,29)/b25-16-. The van der Waals surface area contributed by atoms with Crippen LogP contribution in [0.4, 0.5) is 0 Å². The van der Waals surface area contributed by atoms with E-state index in [-0.39, 0.29) is 5.82 Å². The first-order chi connectivity index (χ1) is 14.2. The van der Waals surface area contributed by atoms with Gasteiger partial charge in [0.2, 0.25) is 5.82 Å². The molecule has 142 valence electrons. The van der Waals surface area contributed by atoms with Crippen molar-refractivity contribution in [1.82, 2.24) is 25.2 Å². The van der Waals surface area contributed by atoms with Gasteiger partial charge in [-0.25, -0.2) is 15.1 Å². The second kappa shape index (κ2) is 8.26. The van der Waals surface area contributed by atoms with E-state index in [9.17, 15) is 4.79 Å². The molecule has 0 atom stereocenters. The minimum absolute atomic E-state index is 0.0407. The third-order valence-electron chi connectivity index (χ3n) is 4.27. The van der Waals surface area contributed by atoms with Crippen LogP contribution in [0.2, 0.25) is 0 Å². The van der Waals surface area contributed by atoms with E-state index in [1.54, 1.807) is 24.0 Å². The molecule has 0 saturated heterocycles. The minimum atomic E-state index is -0.481. The number of hydrazone groups is 1. The van der Waals surface area contributed by atoms with Gasteiger partial charge in [-0.05, 0) is 31.2 Å². The molecule has 0 spiro atoms. The maximum Gasteiger partial charge on any atom is 0.311 e. The van der Waals surface area contributed by atoms with E-state index in [0.717, 1.165) is 16.8 Å². The van der Waals surface area contributed by atoms with Crippen LogP contribution in [0, 0.1) is 0 Å². The molecule has 0 saturated carbocycles. The molecule has 4 aromatic rings. The fraction of sp³-hybridized carbons (Fsp3) is 0.0455. The summed E-state index contributed by atoms with van der Waals surface area (Å²) in [7, 11) is 0. The van der Waals surface area contributed by atoms with Gasteiger partial charge in [-0.3, -0.25) is 9.78 Å². The van der Waals surface area contributed by atoms with Crippen molar-refractivity contribution < 1.29 is 4.79 Å². The van der Waals surface area contributed by atoms with Gasteiger partial charge < -0.3 is 0 Å². The normalized spacial score (nSPS) is 11.3. The van der Waals surface area contributed by atoms with E-state index in [2.05, 4.69) is 25.6 Å². The van der Waals surface area contributed by atoms with Crippen molar-refractivity contribution in [3.05, 3.63) is 96.6 Å². The number of aromatic nitrogens is 4. The van der Waals surface area contributed by atoms with E-state index >= 15 is 0 Å². The lowest BCUT2D eigenvalue weighted by atomic mass is 10.2. The Morgan fingerprint density at radius 3 is 2.28 bits per heavy atom. The number of nitrogens with one attached hydrogen (secondary N) is 1. The van der Waals surface area contributed by atoms with Gasteiger partial charge in [0.15, 0.2) is 5.82 Å². The topological polar surface area (TPSA) is 85.1 Å². The minimum Gasteiger partial charge on any atom is -0.265 e. The van der Waals surface area contributed by atoms with Crippen LogP contribution >= 0.6 is 0 Å². The van der Waals surface area contributed by atoms with Crippen LogP contribution in [0.1, 0.15) is 23.1 Å². The number of hydrogen-bond donors (Lipinski definition) is 1. The lowest BCUT2D eigenvalue weighted by Gasteiger charge is -2.05. The van der Waals surface area contributed by atoms with Crippen molar-refractivity contribution in [2.75, 3.05) is 0 Å². The van der Waals surface area contributed by atoms with Gasteiger partial charge in [0.05, 0.1) is 11.4 Å². The number of nitrogens with zero attached hydrogens (tertiary/aromatic N) is 5. The highest BCUT2D eigenvalue weighted by molar-refractivity contribution is 6.00. The SMILES string of the molecule is C/C(=N/NC(=O)c1nc(-c2ccccc2)n(-c2ccccc2)n1)c1ccncc1. The summed E-state index contributed by atoms with van der Waals surface area (Å²) in [6.07, 6.45) is 3.34. The molecule has 4 rings (SSSR count). The molecular formula is C22H18N6O. The highest BCUT2D eigenvalue weighted by Crippen LogP contribution is 2.20. The molecule has 2 aromatic heterocycles. The number of carbonyl (C=O) groups is 1. The molecule has 0 aliphatic heterocycles. The summed E-state index contributed by atoms with van der Waals surface area (Å²) in [5.41, 5.74) is 5.73. The van der Waals surface area contributed by atoms with Crippen LogP contribution in [-0.4, -0.2) is 31.4 Å². The lowest BCUT2D eigenvalue weighted by Crippen LogP contribution is -2.21. The first-order valence-electron chi connectivity index (χ1n) is 9.05. The van der Waals surface area contributed by atoms with Crippen molar-refractivity contribution >= 4 is 11.6 Å². The van der Waals surface area contributed by atoms with E-state index in [1.165, 1.54) is 0 Å². The number of para-hydroxylation sites is 1. The number of rotatable bonds is 5. The second-order valence-electron chi connectivity index (χ2n) is 6.25. The quantitative estimate of drug-likeness (QED) is 0.423.